The van der Waals surface area contributed by atoms with Crippen molar-refractivity contribution >= 4 is 29.4 Å². The van der Waals surface area contributed by atoms with E-state index in [0.717, 1.165) is 0 Å². The molecule has 2 atom stereocenters. The molecule has 26 heavy (non-hydrogen) atoms. The topological polar surface area (TPSA) is 86.7 Å². The summed E-state index contributed by atoms with van der Waals surface area (Å²) in [6.45, 7) is 6.13. The first-order valence-corrected chi connectivity index (χ1v) is 9.09. The maximum absolute atomic E-state index is 12.9. The molecule has 0 aromatic heterocycles. The molecule has 2 unspecified atom stereocenters. The number of carboxylic acids is 1. The molecule has 1 saturated heterocycles. The van der Waals surface area contributed by atoms with Crippen molar-refractivity contribution in [3.8, 4) is 0 Å². The lowest BCUT2D eigenvalue weighted by molar-refractivity contribution is -0.147. The lowest BCUT2D eigenvalue weighted by atomic mass is 9.90. The van der Waals surface area contributed by atoms with Crippen molar-refractivity contribution < 1.29 is 19.5 Å². The number of nitrogens with one attached hydrogen (secondary N) is 1. The predicted molar refractivity (Wildman–Crippen MR) is 99.1 cm³/mol. The number of benzene rings is 1. The van der Waals surface area contributed by atoms with Gasteiger partial charge in [0.05, 0.1) is 5.41 Å². The zero-order chi connectivity index (χ0) is 19.5. The fourth-order valence-electron chi connectivity index (χ4n) is 3.08. The minimum Gasteiger partial charge on any atom is -0.481 e. The lowest BCUT2D eigenvalue weighted by Crippen LogP contribution is -2.49. The number of nitrogens with zero attached hydrogens (tertiary/aromatic N) is 1. The minimum atomic E-state index is -0.932. The normalized spacial score (nSPS) is 20.9. The summed E-state index contributed by atoms with van der Waals surface area (Å²) in [6.07, 6.45) is 0.895. The Morgan fingerprint density at radius 2 is 1.88 bits per heavy atom. The van der Waals surface area contributed by atoms with Crippen LogP contribution in [0.1, 0.15) is 44.0 Å². The molecule has 1 heterocycles. The highest BCUT2D eigenvalue weighted by Crippen LogP contribution is 2.30. The van der Waals surface area contributed by atoms with E-state index >= 15 is 0 Å². The number of carbonyl (C=O) groups is 3. The molecule has 2 amide bonds. The van der Waals surface area contributed by atoms with E-state index in [2.05, 4.69) is 5.32 Å². The summed E-state index contributed by atoms with van der Waals surface area (Å²) >= 11 is 5.84. The van der Waals surface area contributed by atoms with Crippen LogP contribution in [0.4, 0.5) is 0 Å². The summed E-state index contributed by atoms with van der Waals surface area (Å²) in [6, 6.07) is 5.76. The Balaban J connectivity index is 2.11. The van der Waals surface area contributed by atoms with Crippen molar-refractivity contribution in [2.45, 2.75) is 39.7 Å². The van der Waals surface area contributed by atoms with Gasteiger partial charge in [-0.25, -0.2) is 0 Å². The van der Waals surface area contributed by atoms with Gasteiger partial charge in [-0.05, 0) is 49.9 Å². The minimum absolute atomic E-state index is 0.159. The molecule has 0 bridgehead atoms. The van der Waals surface area contributed by atoms with Crippen LogP contribution in [0, 0.1) is 11.3 Å². The van der Waals surface area contributed by atoms with E-state index in [-0.39, 0.29) is 24.3 Å². The molecule has 7 heteroatoms. The lowest BCUT2D eigenvalue weighted by Gasteiger charge is -2.26. The van der Waals surface area contributed by atoms with Crippen LogP contribution in [0.2, 0.25) is 5.02 Å². The van der Waals surface area contributed by atoms with Crippen LogP contribution in [-0.4, -0.2) is 46.9 Å². The van der Waals surface area contributed by atoms with Gasteiger partial charge in [0.25, 0.3) is 5.91 Å². The van der Waals surface area contributed by atoms with Gasteiger partial charge in [0.15, 0.2) is 0 Å². The Labute approximate surface area is 158 Å². The maximum Gasteiger partial charge on any atom is 0.311 e. The van der Waals surface area contributed by atoms with Gasteiger partial charge in [0.1, 0.15) is 6.04 Å². The fourth-order valence-corrected chi connectivity index (χ4v) is 3.21. The average molecular weight is 381 g/mol. The molecule has 2 rings (SSSR count). The van der Waals surface area contributed by atoms with Crippen molar-refractivity contribution in [1.29, 1.82) is 0 Å². The van der Waals surface area contributed by atoms with Gasteiger partial charge >= 0.3 is 5.97 Å². The number of halogens is 1. The Morgan fingerprint density at radius 1 is 1.27 bits per heavy atom. The molecule has 1 aliphatic rings. The largest absolute Gasteiger partial charge is 0.481 e. The third-order valence-corrected chi connectivity index (χ3v) is 4.97. The van der Waals surface area contributed by atoms with Crippen LogP contribution < -0.4 is 5.32 Å². The summed E-state index contributed by atoms with van der Waals surface area (Å²) in [7, 11) is 0. The number of likely N-dealkylation sites (tertiary alicyclic amines) is 1. The van der Waals surface area contributed by atoms with Gasteiger partial charge in [0, 0.05) is 23.7 Å². The third kappa shape index (κ3) is 4.75. The zero-order valence-electron chi connectivity index (χ0n) is 15.3. The number of carboxylic acid groups (broad SMARTS) is 1. The Hall–Kier alpha value is -2.08. The number of hydrogen-bond donors (Lipinski definition) is 2. The smallest absolute Gasteiger partial charge is 0.311 e. The monoisotopic (exact) mass is 380 g/mol. The van der Waals surface area contributed by atoms with Crippen molar-refractivity contribution in [3.05, 3.63) is 34.9 Å². The van der Waals surface area contributed by atoms with Crippen LogP contribution in [0.25, 0.3) is 0 Å². The molecular weight excluding hydrogens is 356 g/mol. The van der Waals surface area contributed by atoms with E-state index in [1.165, 1.54) is 0 Å². The van der Waals surface area contributed by atoms with E-state index in [1.807, 2.05) is 13.8 Å². The highest BCUT2D eigenvalue weighted by Gasteiger charge is 2.43. The fraction of sp³-hybridized carbons (Fsp3) is 0.526. The van der Waals surface area contributed by atoms with Crippen molar-refractivity contribution in [2.24, 2.45) is 11.3 Å². The molecule has 1 aliphatic heterocycles. The molecular formula is C19H25ClN2O4. The summed E-state index contributed by atoms with van der Waals surface area (Å²) in [4.78, 5) is 38.3. The second-order valence-corrected chi connectivity index (χ2v) is 7.97. The predicted octanol–water partition coefficient (Wildman–Crippen LogP) is 2.81. The van der Waals surface area contributed by atoms with Crippen molar-refractivity contribution in [1.82, 2.24) is 10.2 Å². The Kier molecular flexibility index (Phi) is 6.29. The average Bonchev–Trinajstić information content (AvgIpc) is 2.97. The Morgan fingerprint density at radius 3 is 2.38 bits per heavy atom. The zero-order valence-corrected chi connectivity index (χ0v) is 16.0. The summed E-state index contributed by atoms with van der Waals surface area (Å²) in [5, 5.41) is 12.7. The molecule has 1 aromatic carbocycles. The molecule has 1 fully saturated rings. The van der Waals surface area contributed by atoms with Gasteiger partial charge in [-0.3, -0.25) is 14.4 Å². The van der Waals surface area contributed by atoms with E-state index in [9.17, 15) is 19.5 Å². The number of rotatable bonds is 6. The maximum atomic E-state index is 12.9. The van der Waals surface area contributed by atoms with Crippen LogP contribution in [0.5, 0.6) is 0 Å². The second-order valence-electron chi connectivity index (χ2n) is 7.54. The molecule has 1 aromatic rings. The van der Waals surface area contributed by atoms with Crippen molar-refractivity contribution in [2.75, 3.05) is 13.1 Å². The van der Waals surface area contributed by atoms with Gasteiger partial charge < -0.3 is 15.3 Å². The molecule has 6 nitrogen and oxygen atoms in total. The van der Waals surface area contributed by atoms with Gasteiger partial charge in [-0.1, -0.05) is 25.4 Å². The molecule has 142 valence electrons. The first kappa shape index (κ1) is 20.2. The van der Waals surface area contributed by atoms with Gasteiger partial charge in [0.2, 0.25) is 5.91 Å². The molecule has 0 saturated carbocycles. The van der Waals surface area contributed by atoms with E-state index in [0.29, 0.717) is 30.0 Å². The quantitative estimate of drug-likeness (QED) is 0.794. The van der Waals surface area contributed by atoms with Crippen LogP contribution in [-0.2, 0) is 9.59 Å². The first-order valence-electron chi connectivity index (χ1n) is 8.71. The number of hydrogen-bond acceptors (Lipinski definition) is 3. The standard InChI is InChI=1S/C19H25ClN2O4/c1-12(2)10-15(21-16(23)13-4-6-14(20)7-5-13)17(24)22-9-8-19(3,11-22)18(25)26/h4-7,12,15H,8-11H2,1-3H3,(H,21,23)(H,25,26). The molecule has 0 radical (unpaired) electrons. The third-order valence-electron chi connectivity index (χ3n) is 4.72. The van der Waals surface area contributed by atoms with Crippen LogP contribution in [0.15, 0.2) is 24.3 Å². The second kappa shape index (κ2) is 8.08. The summed E-state index contributed by atoms with van der Waals surface area (Å²) < 4.78 is 0. The van der Waals surface area contributed by atoms with E-state index in [1.54, 1.807) is 36.1 Å². The number of aliphatic carboxylic acids is 1. The van der Waals surface area contributed by atoms with E-state index < -0.39 is 17.4 Å². The molecule has 0 spiro atoms. The Bertz CT molecular complexity index is 689. The first-order chi connectivity index (χ1) is 12.1. The number of amides is 2. The summed E-state index contributed by atoms with van der Waals surface area (Å²) in [5.74, 6) is -1.28. The van der Waals surface area contributed by atoms with E-state index in [4.69, 9.17) is 11.6 Å². The van der Waals surface area contributed by atoms with Crippen molar-refractivity contribution in [3.63, 3.8) is 0 Å². The van der Waals surface area contributed by atoms with Crippen LogP contribution >= 0.6 is 11.6 Å². The number of carbonyl (C=O) groups excluding carboxylic acids is 2. The molecule has 2 N–H and O–H groups in total. The SMILES string of the molecule is CC(C)CC(NC(=O)c1ccc(Cl)cc1)C(=O)N1CCC(C)(C(=O)O)C1. The van der Waals surface area contributed by atoms with Crippen LogP contribution in [0.3, 0.4) is 0 Å². The van der Waals surface area contributed by atoms with Gasteiger partial charge in [-0.2, -0.15) is 0 Å². The highest BCUT2D eigenvalue weighted by molar-refractivity contribution is 6.30. The molecule has 0 aliphatic carbocycles. The van der Waals surface area contributed by atoms with Gasteiger partial charge in [-0.15, -0.1) is 0 Å². The summed E-state index contributed by atoms with van der Waals surface area (Å²) in [5.41, 5.74) is -0.508. The highest BCUT2D eigenvalue weighted by atomic mass is 35.5.